The van der Waals surface area contributed by atoms with Crippen LogP contribution in [0.4, 0.5) is 5.69 Å². The molecule has 146 valence electrons. The van der Waals surface area contributed by atoms with Gasteiger partial charge in [-0.05, 0) is 53.7 Å². The molecule has 0 spiro atoms. The number of rotatable bonds is 5. The molecule has 1 atom stereocenters. The van der Waals surface area contributed by atoms with Crippen LogP contribution in [0.25, 0.3) is 0 Å². The third kappa shape index (κ3) is 5.00. The summed E-state index contributed by atoms with van der Waals surface area (Å²) < 4.78 is 2.20. The average Bonchev–Trinajstić information content (AvgIpc) is 3.12. The highest BCUT2D eigenvalue weighted by Gasteiger charge is 2.33. The van der Waals surface area contributed by atoms with Gasteiger partial charge in [0, 0.05) is 10.6 Å². The molecule has 1 heterocycles. The van der Waals surface area contributed by atoms with Gasteiger partial charge in [-0.2, -0.15) is 0 Å². The first-order chi connectivity index (χ1) is 14.2. The van der Waals surface area contributed by atoms with Gasteiger partial charge in [-0.1, -0.05) is 60.1 Å². The summed E-state index contributed by atoms with van der Waals surface area (Å²) in [6.07, 6.45) is -0.109. The van der Waals surface area contributed by atoms with Crippen LogP contribution in [-0.2, 0) is 6.54 Å². The number of carbonyl (C=O) groups excluding carboxylic acids is 1. The number of amidine groups is 1. The Bertz CT molecular complexity index is 1010. The van der Waals surface area contributed by atoms with Crippen molar-refractivity contribution in [2.75, 3.05) is 11.1 Å². The quantitative estimate of drug-likeness (QED) is 0.579. The largest absolute Gasteiger partial charge is 0.313 e. The fraction of sp³-hybridized carbons (Fsp3) is 0.130. The minimum atomic E-state index is -0.109. The highest BCUT2D eigenvalue weighted by atomic mass is 35.5. The van der Waals surface area contributed by atoms with E-state index in [9.17, 15) is 4.79 Å². The van der Waals surface area contributed by atoms with Crippen molar-refractivity contribution in [2.45, 2.75) is 12.7 Å². The molecule has 6 heteroatoms. The molecule has 0 saturated heterocycles. The highest BCUT2D eigenvalue weighted by Crippen LogP contribution is 2.22. The van der Waals surface area contributed by atoms with Gasteiger partial charge in [0.05, 0.1) is 5.75 Å². The molecule has 1 aliphatic rings. The fourth-order valence-electron chi connectivity index (χ4n) is 3.14. The number of anilines is 1. The standard InChI is InChI=1S/C23H20ClN3OS/c24-19-11-13-20(14-12-19)25-23-27(15-17-7-3-1-4-8-17)21(16-29-23)26-22(28)18-9-5-2-6-10-18/h1-14,21H,15-16H2,(H,26,28)/p+1. The molecule has 3 aromatic carbocycles. The van der Waals surface area contributed by atoms with Gasteiger partial charge in [0.2, 0.25) is 0 Å². The predicted molar refractivity (Wildman–Crippen MR) is 121 cm³/mol. The van der Waals surface area contributed by atoms with E-state index in [1.54, 1.807) is 11.8 Å². The van der Waals surface area contributed by atoms with Crippen LogP contribution in [0.2, 0.25) is 5.02 Å². The second-order valence-electron chi connectivity index (χ2n) is 6.72. The molecular formula is C23H21ClN3OS+. The molecule has 29 heavy (non-hydrogen) atoms. The molecule has 1 unspecified atom stereocenters. The van der Waals surface area contributed by atoms with Gasteiger partial charge < -0.3 is 5.32 Å². The summed E-state index contributed by atoms with van der Waals surface area (Å²) in [5, 5.41) is 8.36. The maximum Gasteiger partial charge on any atom is 0.313 e. The summed E-state index contributed by atoms with van der Waals surface area (Å²) in [7, 11) is 0. The van der Waals surface area contributed by atoms with Gasteiger partial charge in [0.25, 0.3) is 5.91 Å². The van der Waals surface area contributed by atoms with Crippen LogP contribution in [0, 0.1) is 0 Å². The Morgan fingerprint density at radius 1 is 0.966 bits per heavy atom. The summed E-state index contributed by atoms with van der Waals surface area (Å²) in [4.78, 5) is 12.7. The number of halogens is 1. The zero-order chi connectivity index (χ0) is 20.1. The summed E-state index contributed by atoms with van der Waals surface area (Å²) in [5.41, 5.74) is 2.81. The van der Waals surface area contributed by atoms with E-state index >= 15 is 0 Å². The van der Waals surface area contributed by atoms with Crippen molar-refractivity contribution >= 4 is 40.1 Å². The van der Waals surface area contributed by atoms with Crippen molar-refractivity contribution in [3.8, 4) is 0 Å². The zero-order valence-electron chi connectivity index (χ0n) is 15.7. The molecule has 4 nitrogen and oxygen atoms in total. The molecule has 2 N–H and O–H groups in total. The Morgan fingerprint density at radius 2 is 1.62 bits per heavy atom. The molecule has 1 amide bonds. The van der Waals surface area contributed by atoms with Crippen LogP contribution < -0.4 is 10.6 Å². The van der Waals surface area contributed by atoms with E-state index in [-0.39, 0.29) is 12.1 Å². The minimum absolute atomic E-state index is 0.0676. The molecule has 1 aliphatic heterocycles. The lowest BCUT2D eigenvalue weighted by Crippen LogP contribution is -2.43. The lowest BCUT2D eigenvalue weighted by Gasteiger charge is -2.16. The third-order valence-electron chi connectivity index (χ3n) is 4.64. The Balaban J connectivity index is 1.59. The molecule has 0 bridgehead atoms. The number of amides is 1. The zero-order valence-corrected chi connectivity index (χ0v) is 17.3. The highest BCUT2D eigenvalue weighted by molar-refractivity contribution is 8.14. The molecule has 4 rings (SSSR count). The van der Waals surface area contributed by atoms with Crippen LogP contribution in [0.15, 0.2) is 84.9 Å². The molecule has 0 fully saturated rings. The first kappa shape index (κ1) is 19.6. The molecule has 0 saturated carbocycles. The van der Waals surface area contributed by atoms with E-state index in [0.717, 1.165) is 16.6 Å². The molecule has 3 aromatic rings. The second-order valence-corrected chi connectivity index (χ2v) is 8.16. The lowest BCUT2D eigenvalue weighted by molar-refractivity contribution is -0.574. The SMILES string of the molecule is O=C(NC1CSC(Nc2ccc(Cl)cc2)=[N+]1Cc1ccccc1)c1ccccc1. The molecule has 0 aliphatic carbocycles. The lowest BCUT2D eigenvalue weighted by atomic mass is 10.2. The summed E-state index contributed by atoms with van der Waals surface area (Å²) >= 11 is 7.70. The van der Waals surface area contributed by atoms with Gasteiger partial charge in [0.15, 0.2) is 6.17 Å². The van der Waals surface area contributed by atoms with Crippen molar-refractivity contribution in [3.05, 3.63) is 101 Å². The Labute approximate surface area is 179 Å². The van der Waals surface area contributed by atoms with E-state index in [1.165, 1.54) is 5.56 Å². The van der Waals surface area contributed by atoms with Gasteiger partial charge >= 0.3 is 5.17 Å². The van der Waals surface area contributed by atoms with Gasteiger partial charge in [-0.15, -0.1) is 0 Å². The monoisotopic (exact) mass is 422 g/mol. The van der Waals surface area contributed by atoms with E-state index in [2.05, 4.69) is 27.3 Å². The van der Waals surface area contributed by atoms with Crippen LogP contribution in [0.5, 0.6) is 0 Å². The maximum atomic E-state index is 12.7. The smallest absolute Gasteiger partial charge is 0.313 e. The summed E-state index contributed by atoms with van der Waals surface area (Å²) in [5.74, 6) is 0.698. The minimum Gasteiger partial charge on any atom is -0.313 e. The van der Waals surface area contributed by atoms with Gasteiger partial charge in [-0.25, -0.2) is 9.89 Å². The summed E-state index contributed by atoms with van der Waals surface area (Å²) in [6.45, 7) is 0.698. The van der Waals surface area contributed by atoms with Crippen LogP contribution in [0.1, 0.15) is 15.9 Å². The number of hydrogen-bond donors (Lipinski definition) is 2. The maximum absolute atomic E-state index is 12.7. The second kappa shape index (κ2) is 9.16. The Morgan fingerprint density at radius 3 is 2.31 bits per heavy atom. The topological polar surface area (TPSA) is 44.1 Å². The molecule has 0 aromatic heterocycles. The first-order valence-corrected chi connectivity index (χ1v) is 10.7. The van der Waals surface area contributed by atoms with E-state index < -0.39 is 0 Å². The molecule has 0 radical (unpaired) electrons. The number of nitrogens with one attached hydrogen (secondary N) is 2. The van der Waals surface area contributed by atoms with Crippen molar-refractivity contribution in [2.24, 2.45) is 0 Å². The van der Waals surface area contributed by atoms with E-state index in [4.69, 9.17) is 11.6 Å². The molecular weight excluding hydrogens is 402 g/mol. The predicted octanol–water partition coefficient (Wildman–Crippen LogP) is 4.82. The number of carbonyl (C=O) groups is 1. The Kier molecular flexibility index (Phi) is 6.17. The number of hydrogen-bond acceptors (Lipinski definition) is 3. The number of nitrogens with zero attached hydrogens (tertiary/aromatic N) is 1. The van der Waals surface area contributed by atoms with Gasteiger partial charge in [-0.3, -0.25) is 4.79 Å². The Hall–Kier alpha value is -2.76. The number of thioether (sulfide) groups is 1. The van der Waals surface area contributed by atoms with E-state index in [0.29, 0.717) is 17.1 Å². The van der Waals surface area contributed by atoms with Crippen molar-refractivity contribution in [3.63, 3.8) is 0 Å². The van der Waals surface area contributed by atoms with Crippen LogP contribution >= 0.6 is 23.4 Å². The van der Waals surface area contributed by atoms with Crippen LogP contribution in [-0.4, -0.2) is 27.6 Å². The van der Waals surface area contributed by atoms with Crippen LogP contribution in [0.3, 0.4) is 0 Å². The first-order valence-electron chi connectivity index (χ1n) is 9.38. The van der Waals surface area contributed by atoms with Gasteiger partial charge in [0.1, 0.15) is 12.2 Å². The normalized spacial score (nSPS) is 16.0. The number of benzene rings is 3. The average molecular weight is 423 g/mol. The third-order valence-corrected chi connectivity index (χ3v) is 5.98. The van der Waals surface area contributed by atoms with Crippen molar-refractivity contribution in [1.29, 1.82) is 0 Å². The van der Waals surface area contributed by atoms with Crippen molar-refractivity contribution in [1.82, 2.24) is 5.32 Å². The van der Waals surface area contributed by atoms with Crippen molar-refractivity contribution < 1.29 is 9.37 Å². The summed E-state index contributed by atoms with van der Waals surface area (Å²) in [6, 6.07) is 27.2. The van der Waals surface area contributed by atoms with E-state index in [1.807, 2.05) is 72.8 Å². The fourth-order valence-corrected chi connectivity index (χ4v) is 4.40.